The van der Waals surface area contributed by atoms with Crippen LogP contribution in [-0.4, -0.2) is 35.4 Å². The summed E-state index contributed by atoms with van der Waals surface area (Å²) < 4.78 is 0. The highest BCUT2D eigenvalue weighted by molar-refractivity contribution is 5.95. The Morgan fingerprint density at radius 3 is 2.79 bits per heavy atom. The molecule has 1 N–H and O–H groups in total. The summed E-state index contributed by atoms with van der Waals surface area (Å²) in [6, 6.07) is 4.84. The average molecular weight is 331 g/mol. The van der Waals surface area contributed by atoms with Gasteiger partial charge in [-0.2, -0.15) is 0 Å². The molecule has 1 aromatic carbocycles. The van der Waals surface area contributed by atoms with Gasteiger partial charge < -0.3 is 5.32 Å². The second-order valence-corrected chi connectivity index (χ2v) is 7.10. The summed E-state index contributed by atoms with van der Waals surface area (Å²) >= 11 is 0. The number of para-hydroxylation sites is 1. The summed E-state index contributed by atoms with van der Waals surface area (Å²) in [6.07, 6.45) is 6.42. The summed E-state index contributed by atoms with van der Waals surface area (Å²) in [4.78, 5) is 25.3. The van der Waals surface area contributed by atoms with Crippen LogP contribution < -0.4 is 5.32 Å². The van der Waals surface area contributed by atoms with Crippen molar-refractivity contribution in [1.82, 2.24) is 4.90 Å². The minimum atomic E-state index is -0.448. The van der Waals surface area contributed by atoms with Crippen LogP contribution in [0.5, 0.6) is 0 Å². The molecule has 0 aromatic heterocycles. The second-order valence-electron chi connectivity index (χ2n) is 7.10. The van der Waals surface area contributed by atoms with Gasteiger partial charge in [-0.05, 0) is 43.7 Å². The molecule has 2 fully saturated rings. The number of nitro benzene ring substituents is 1. The zero-order chi connectivity index (χ0) is 17.1. The molecule has 1 heterocycles. The number of nitro groups is 1. The molecule has 0 unspecified atom stereocenters. The van der Waals surface area contributed by atoms with Gasteiger partial charge in [-0.1, -0.05) is 31.4 Å². The van der Waals surface area contributed by atoms with Crippen molar-refractivity contribution in [3.63, 3.8) is 0 Å². The first-order valence-electron chi connectivity index (χ1n) is 8.81. The number of fused-ring (bicyclic) bond motifs is 1. The zero-order valence-corrected chi connectivity index (χ0v) is 14.2. The normalized spacial score (nSPS) is 24.2. The molecule has 1 aromatic rings. The molecule has 2 atom stereocenters. The number of carbonyl (C=O) groups is 1. The number of anilines is 1. The third-order valence-corrected chi connectivity index (χ3v) is 5.45. The van der Waals surface area contributed by atoms with Crippen LogP contribution in [0.25, 0.3) is 0 Å². The van der Waals surface area contributed by atoms with Gasteiger partial charge >= 0.3 is 0 Å². The predicted octanol–water partition coefficient (Wildman–Crippen LogP) is 3.35. The number of nitrogens with one attached hydrogen (secondary N) is 1. The molecule has 1 saturated carbocycles. The maximum Gasteiger partial charge on any atom is 0.293 e. The Morgan fingerprint density at radius 1 is 1.29 bits per heavy atom. The topological polar surface area (TPSA) is 75.5 Å². The molecule has 3 rings (SSSR count). The standard InChI is InChI=1S/C18H25N3O3/c1-13-5-4-8-16(21(23)24)18(13)19-17(22)12-20-10-9-14-6-2-3-7-15(14)11-20/h4-5,8,14-15H,2-3,6-7,9-12H2,1H3,(H,19,22)/t14-,15+/m0/s1. The number of likely N-dealkylation sites (tertiary alicyclic amines) is 1. The van der Waals surface area contributed by atoms with Crippen molar-refractivity contribution < 1.29 is 9.72 Å². The Balaban J connectivity index is 1.61. The third-order valence-electron chi connectivity index (χ3n) is 5.45. The number of hydrogen-bond acceptors (Lipinski definition) is 4. The first kappa shape index (κ1) is 16.9. The van der Waals surface area contributed by atoms with Gasteiger partial charge in [0, 0.05) is 12.6 Å². The van der Waals surface area contributed by atoms with Crippen molar-refractivity contribution in [2.45, 2.75) is 39.0 Å². The molecule has 6 heteroatoms. The van der Waals surface area contributed by atoms with E-state index in [4.69, 9.17) is 0 Å². The minimum absolute atomic E-state index is 0.0469. The van der Waals surface area contributed by atoms with Gasteiger partial charge in [-0.3, -0.25) is 19.8 Å². The highest BCUT2D eigenvalue weighted by Crippen LogP contribution is 2.36. The van der Waals surface area contributed by atoms with Crippen molar-refractivity contribution in [2.75, 3.05) is 25.0 Å². The third kappa shape index (κ3) is 3.75. The molecule has 130 valence electrons. The van der Waals surface area contributed by atoms with Crippen molar-refractivity contribution in [2.24, 2.45) is 11.8 Å². The van der Waals surface area contributed by atoms with Gasteiger partial charge in [0.2, 0.25) is 5.91 Å². The number of nitrogens with zero attached hydrogens (tertiary/aromatic N) is 2. The van der Waals surface area contributed by atoms with Crippen LogP contribution in [0.4, 0.5) is 11.4 Å². The smallest absolute Gasteiger partial charge is 0.293 e. The molecular weight excluding hydrogens is 306 g/mol. The van der Waals surface area contributed by atoms with Gasteiger partial charge in [0.1, 0.15) is 5.69 Å². The highest BCUT2D eigenvalue weighted by atomic mass is 16.6. The lowest BCUT2D eigenvalue weighted by molar-refractivity contribution is -0.384. The molecule has 1 aliphatic carbocycles. The van der Waals surface area contributed by atoms with E-state index in [1.54, 1.807) is 19.1 Å². The van der Waals surface area contributed by atoms with E-state index in [1.807, 2.05) is 0 Å². The monoisotopic (exact) mass is 331 g/mol. The van der Waals surface area contributed by atoms with Gasteiger partial charge in [0.05, 0.1) is 11.5 Å². The van der Waals surface area contributed by atoms with E-state index in [2.05, 4.69) is 10.2 Å². The van der Waals surface area contributed by atoms with Crippen LogP contribution in [0, 0.1) is 28.9 Å². The van der Waals surface area contributed by atoms with Crippen LogP contribution in [0.3, 0.4) is 0 Å². The van der Waals surface area contributed by atoms with Crippen LogP contribution in [0.1, 0.15) is 37.7 Å². The summed E-state index contributed by atoms with van der Waals surface area (Å²) in [6.45, 7) is 4.02. The fraction of sp³-hybridized carbons (Fsp3) is 0.611. The van der Waals surface area contributed by atoms with Gasteiger partial charge in [0.25, 0.3) is 5.69 Å². The van der Waals surface area contributed by atoms with E-state index in [1.165, 1.54) is 38.2 Å². The predicted molar refractivity (Wildman–Crippen MR) is 93.0 cm³/mol. The first-order chi connectivity index (χ1) is 11.5. The second kappa shape index (κ2) is 7.30. The lowest BCUT2D eigenvalue weighted by atomic mass is 9.75. The van der Waals surface area contributed by atoms with E-state index in [9.17, 15) is 14.9 Å². The van der Waals surface area contributed by atoms with E-state index < -0.39 is 4.92 Å². The molecule has 1 saturated heterocycles. The highest BCUT2D eigenvalue weighted by Gasteiger charge is 2.31. The summed E-state index contributed by atoms with van der Waals surface area (Å²) in [5.74, 6) is 1.38. The number of hydrogen-bond donors (Lipinski definition) is 1. The molecule has 0 spiro atoms. The summed E-state index contributed by atoms with van der Waals surface area (Å²) in [7, 11) is 0. The quantitative estimate of drug-likeness (QED) is 0.678. The SMILES string of the molecule is Cc1cccc([N+](=O)[O-])c1NC(=O)CN1CC[C@@H]2CCCC[C@@H]2C1. The van der Waals surface area contributed by atoms with Crippen molar-refractivity contribution in [3.05, 3.63) is 33.9 Å². The summed E-state index contributed by atoms with van der Waals surface area (Å²) in [5, 5.41) is 13.9. The average Bonchev–Trinajstić information content (AvgIpc) is 2.56. The maximum absolute atomic E-state index is 12.4. The molecular formula is C18H25N3O3. The molecule has 6 nitrogen and oxygen atoms in total. The number of benzene rings is 1. The Kier molecular flexibility index (Phi) is 5.14. The number of rotatable bonds is 4. The molecule has 24 heavy (non-hydrogen) atoms. The molecule has 1 aliphatic heterocycles. The maximum atomic E-state index is 12.4. The molecule has 0 radical (unpaired) electrons. The van der Waals surface area contributed by atoms with Crippen molar-refractivity contribution >= 4 is 17.3 Å². The van der Waals surface area contributed by atoms with E-state index in [0.717, 1.165) is 19.0 Å². The largest absolute Gasteiger partial charge is 0.319 e. The number of amides is 1. The van der Waals surface area contributed by atoms with Crippen LogP contribution in [-0.2, 0) is 4.79 Å². The van der Waals surface area contributed by atoms with Crippen LogP contribution in [0.15, 0.2) is 18.2 Å². The first-order valence-corrected chi connectivity index (χ1v) is 8.81. The molecule has 1 amide bonds. The lowest BCUT2D eigenvalue weighted by Crippen LogP contribution is -2.44. The fourth-order valence-electron chi connectivity index (χ4n) is 4.17. The number of carbonyl (C=O) groups excluding carboxylic acids is 1. The minimum Gasteiger partial charge on any atom is -0.319 e. The summed E-state index contributed by atoms with van der Waals surface area (Å²) in [5.41, 5.74) is 0.984. The van der Waals surface area contributed by atoms with E-state index in [0.29, 0.717) is 23.7 Å². The molecule has 0 bridgehead atoms. The Morgan fingerprint density at radius 2 is 2.04 bits per heavy atom. The van der Waals surface area contributed by atoms with Crippen LogP contribution >= 0.6 is 0 Å². The van der Waals surface area contributed by atoms with Gasteiger partial charge in [-0.15, -0.1) is 0 Å². The fourth-order valence-corrected chi connectivity index (χ4v) is 4.17. The van der Waals surface area contributed by atoms with Crippen LogP contribution in [0.2, 0.25) is 0 Å². The van der Waals surface area contributed by atoms with Crippen molar-refractivity contribution in [1.29, 1.82) is 0 Å². The number of piperidine rings is 1. The van der Waals surface area contributed by atoms with Gasteiger partial charge in [0.15, 0.2) is 0 Å². The van der Waals surface area contributed by atoms with Crippen molar-refractivity contribution in [3.8, 4) is 0 Å². The van der Waals surface area contributed by atoms with E-state index >= 15 is 0 Å². The number of aryl methyl sites for hydroxylation is 1. The van der Waals surface area contributed by atoms with E-state index in [-0.39, 0.29) is 11.6 Å². The molecule has 2 aliphatic rings. The van der Waals surface area contributed by atoms with Gasteiger partial charge in [-0.25, -0.2) is 0 Å². The Bertz CT molecular complexity index is 632. The zero-order valence-electron chi connectivity index (χ0n) is 14.2. The lowest BCUT2D eigenvalue weighted by Gasteiger charge is -2.41. The Hall–Kier alpha value is -1.95. The Labute approximate surface area is 142 Å².